The molecule has 0 unspecified atom stereocenters. The molecule has 0 amide bonds. The third-order valence-corrected chi connectivity index (χ3v) is 5.06. The molecule has 0 spiro atoms. The maximum atomic E-state index is 11.2. The average Bonchev–Trinajstić information content (AvgIpc) is 2.98. The van der Waals surface area contributed by atoms with Gasteiger partial charge in [-0.15, -0.1) is 11.3 Å². The minimum Gasteiger partial charge on any atom is -0.492 e. The van der Waals surface area contributed by atoms with Gasteiger partial charge >= 0.3 is 5.97 Å². The number of para-hydroxylation sites is 1. The Hall–Kier alpha value is -1.96. The molecule has 1 aliphatic rings. The molecule has 3 rings (SSSR count). The van der Waals surface area contributed by atoms with E-state index in [9.17, 15) is 9.90 Å². The second kappa shape index (κ2) is 7.74. The van der Waals surface area contributed by atoms with Crippen molar-refractivity contribution >= 4 is 17.3 Å². The zero-order valence-corrected chi connectivity index (χ0v) is 14.3. The van der Waals surface area contributed by atoms with Gasteiger partial charge in [0.15, 0.2) is 0 Å². The molecule has 1 aliphatic heterocycles. The van der Waals surface area contributed by atoms with E-state index in [2.05, 4.69) is 9.88 Å². The van der Waals surface area contributed by atoms with Crippen molar-refractivity contribution in [1.29, 1.82) is 0 Å². The van der Waals surface area contributed by atoms with Crippen LogP contribution in [0.1, 0.15) is 15.4 Å². The number of aromatic carboxylic acids is 1. The van der Waals surface area contributed by atoms with Gasteiger partial charge in [-0.3, -0.25) is 4.90 Å². The maximum Gasteiger partial charge on any atom is 0.347 e. The van der Waals surface area contributed by atoms with Gasteiger partial charge in [0.05, 0.1) is 24.5 Å². The fourth-order valence-electron chi connectivity index (χ4n) is 2.59. The Balaban J connectivity index is 1.70. The molecule has 1 N–H and O–H groups in total. The summed E-state index contributed by atoms with van der Waals surface area (Å²) in [5, 5.41) is 9.88. The molecular weight excluding hydrogens is 328 g/mol. The first-order valence-corrected chi connectivity index (χ1v) is 8.70. The van der Waals surface area contributed by atoms with Crippen LogP contribution < -0.4 is 4.74 Å². The molecule has 0 radical (unpaired) electrons. The monoisotopic (exact) mass is 348 g/mol. The van der Waals surface area contributed by atoms with E-state index in [0.29, 0.717) is 17.3 Å². The number of rotatable bonds is 6. The summed E-state index contributed by atoms with van der Waals surface area (Å²) >= 11 is 1.18. The number of carboxylic acid groups (broad SMARTS) is 1. The van der Waals surface area contributed by atoms with Crippen LogP contribution in [0.15, 0.2) is 24.3 Å². The van der Waals surface area contributed by atoms with Crippen molar-refractivity contribution < 1.29 is 19.4 Å². The Morgan fingerprint density at radius 2 is 2.12 bits per heavy atom. The third-order valence-electron chi connectivity index (χ3n) is 3.88. The summed E-state index contributed by atoms with van der Waals surface area (Å²) in [5.74, 6) is -0.210. The topological polar surface area (TPSA) is 71.9 Å². The van der Waals surface area contributed by atoms with E-state index in [1.165, 1.54) is 11.3 Å². The number of benzene rings is 1. The number of hydrogen-bond donors (Lipinski definition) is 1. The lowest BCUT2D eigenvalue weighted by atomic mass is 10.2. The fourth-order valence-corrected chi connectivity index (χ4v) is 3.52. The molecule has 24 heavy (non-hydrogen) atoms. The highest BCUT2D eigenvalue weighted by molar-refractivity contribution is 7.17. The van der Waals surface area contributed by atoms with Crippen molar-refractivity contribution in [3.63, 3.8) is 0 Å². The summed E-state index contributed by atoms with van der Waals surface area (Å²) in [5.41, 5.74) is 1.37. The standard InChI is InChI=1S/C17H20N2O4S/c1-12-15(17(20)21)24-16(18-12)13-4-2-3-5-14(13)23-11-8-19-6-9-22-10-7-19/h2-5H,6-11H2,1H3,(H,20,21). The lowest BCUT2D eigenvalue weighted by Crippen LogP contribution is -2.38. The average molecular weight is 348 g/mol. The zero-order valence-electron chi connectivity index (χ0n) is 13.5. The number of thiazole rings is 1. The summed E-state index contributed by atoms with van der Waals surface area (Å²) in [4.78, 5) is 18.2. The molecule has 6 nitrogen and oxygen atoms in total. The quantitative estimate of drug-likeness (QED) is 0.865. The lowest BCUT2D eigenvalue weighted by Gasteiger charge is -2.26. The Kier molecular flexibility index (Phi) is 5.44. The largest absolute Gasteiger partial charge is 0.492 e. The van der Waals surface area contributed by atoms with Gasteiger partial charge in [-0.2, -0.15) is 0 Å². The summed E-state index contributed by atoms with van der Waals surface area (Å²) in [6, 6.07) is 7.62. The zero-order chi connectivity index (χ0) is 16.9. The highest BCUT2D eigenvalue weighted by atomic mass is 32.1. The molecule has 0 aliphatic carbocycles. The van der Waals surface area contributed by atoms with E-state index >= 15 is 0 Å². The molecule has 1 saturated heterocycles. The van der Waals surface area contributed by atoms with E-state index in [0.717, 1.165) is 44.2 Å². The third kappa shape index (κ3) is 3.92. The minimum absolute atomic E-state index is 0.271. The second-order valence-corrected chi connectivity index (χ2v) is 6.54. The maximum absolute atomic E-state index is 11.2. The number of carboxylic acids is 1. The van der Waals surface area contributed by atoms with Crippen molar-refractivity contribution in [1.82, 2.24) is 9.88 Å². The van der Waals surface area contributed by atoms with Crippen LogP contribution in [-0.2, 0) is 4.74 Å². The van der Waals surface area contributed by atoms with Crippen molar-refractivity contribution in [2.24, 2.45) is 0 Å². The Morgan fingerprint density at radius 1 is 1.38 bits per heavy atom. The van der Waals surface area contributed by atoms with E-state index in [1.54, 1.807) is 6.92 Å². The first kappa shape index (κ1) is 16.9. The molecule has 2 aromatic rings. The van der Waals surface area contributed by atoms with Gasteiger partial charge in [-0.25, -0.2) is 9.78 Å². The van der Waals surface area contributed by atoms with E-state index < -0.39 is 5.97 Å². The molecule has 7 heteroatoms. The first-order valence-electron chi connectivity index (χ1n) is 7.88. The van der Waals surface area contributed by atoms with Crippen molar-refractivity contribution in [3.05, 3.63) is 34.8 Å². The van der Waals surface area contributed by atoms with E-state index in [4.69, 9.17) is 9.47 Å². The highest BCUT2D eigenvalue weighted by Crippen LogP contribution is 2.34. The fraction of sp³-hybridized carbons (Fsp3) is 0.412. The number of carbonyl (C=O) groups is 1. The first-order chi connectivity index (χ1) is 11.6. The van der Waals surface area contributed by atoms with Gasteiger partial charge in [0.25, 0.3) is 0 Å². The van der Waals surface area contributed by atoms with Crippen LogP contribution in [0.2, 0.25) is 0 Å². The molecule has 1 aromatic carbocycles. The number of aromatic nitrogens is 1. The van der Waals surface area contributed by atoms with Crippen LogP contribution in [0.25, 0.3) is 10.6 Å². The number of morpholine rings is 1. The smallest absolute Gasteiger partial charge is 0.347 e. The van der Waals surface area contributed by atoms with Crippen LogP contribution in [0.5, 0.6) is 5.75 Å². The van der Waals surface area contributed by atoms with Crippen molar-refractivity contribution in [2.75, 3.05) is 39.5 Å². The minimum atomic E-state index is -0.943. The van der Waals surface area contributed by atoms with Crippen LogP contribution in [-0.4, -0.2) is 60.4 Å². The van der Waals surface area contributed by atoms with Gasteiger partial charge in [-0.1, -0.05) is 12.1 Å². The molecule has 0 atom stereocenters. The van der Waals surface area contributed by atoms with Gasteiger partial charge in [0.1, 0.15) is 22.2 Å². The van der Waals surface area contributed by atoms with Gasteiger partial charge in [-0.05, 0) is 19.1 Å². The number of hydrogen-bond acceptors (Lipinski definition) is 6. The predicted molar refractivity (Wildman–Crippen MR) is 92.0 cm³/mol. The summed E-state index contributed by atoms with van der Waals surface area (Å²) in [7, 11) is 0. The molecule has 128 valence electrons. The van der Waals surface area contributed by atoms with Crippen LogP contribution in [0, 0.1) is 6.92 Å². The van der Waals surface area contributed by atoms with Crippen LogP contribution in [0.4, 0.5) is 0 Å². The second-order valence-electron chi connectivity index (χ2n) is 5.54. The summed E-state index contributed by atoms with van der Waals surface area (Å²) < 4.78 is 11.3. The highest BCUT2D eigenvalue weighted by Gasteiger charge is 2.17. The Bertz CT molecular complexity index is 710. The SMILES string of the molecule is Cc1nc(-c2ccccc2OCCN2CCOCC2)sc1C(=O)O. The van der Waals surface area contributed by atoms with E-state index in [-0.39, 0.29) is 4.88 Å². The number of aryl methyl sites for hydroxylation is 1. The van der Waals surface area contributed by atoms with Gasteiger partial charge < -0.3 is 14.6 Å². The Labute approximate surface area is 144 Å². The molecule has 1 fully saturated rings. The predicted octanol–water partition coefficient (Wildman–Crippen LogP) is 2.53. The van der Waals surface area contributed by atoms with Crippen molar-refractivity contribution in [2.45, 2.75) is 6.92 Å². The molecule has 1 aromatic heterocycles. The summed E-state index contributed by atoms with van der Waals surface area (Å²) in [6.45, 7) is 6.53. The van der Waals surface area contributed by atoms with Crippen molar-refractivity contribution in [3.8, 4) is 16.3 Å². The normalized spacial score (nSPS) is 15.4. The molecular formula is C17H20N2O4S. The molecule has 0 bridgehead atoms. The van der Waals surface area contributed by atoms with E-state index in [1.807, 2.05) is 24.3 Å². The number of ether oxygens (including phenoxy) is 2. The Morgan fingerprint density at radius 3 is 2.83 bits per heavy atom. The lowest BCUT2D eigenvalue weighted by molar-refractivity contribution is 0.0323. The van der Waals surface area contributed by atoms with Crippen LogP contribution >= 0.6 is 11.3 Å². The van der Waals surface area contributed by atoms with Gasteiger partial charge in [0, 0.05) is 19.6 Å². The van der Waals surface area contributed by atoms with Crippen LogP contribution in [0.3, 0.4) is 0 Å². The molecule has 0 saturated carbocycles. The summed E-state index contributed by atoms with van der Waals surface area (Å²) in [6.07, 6.45) is 0. The number of nitrogens with zero attached hydrogens (tertiary/aromatic N) is 2. The molecule has 2 heterocycles. The van der Waals surface area contributed by atoms with Gasteiger partial charge in [0.2, 0.25) is 0 Å².